The average Bonchev–Trinajstić information content (AvgIpc) is 2.61. The zero-order valence-electron chi connectivity index (χ0n) is 15.1. The van der Waals surface area contributed by atoms with E-state index < -0.39 is 20.0 Å². The van der Waals surface area contributed by atoms with Crippen molar-refractivity contribution in [1.29, 1.82) is 0 Å². The highest BCUT2D eigenvalue weighted by Gasteiger charge is 2.24. The highest BCUT2D eigenvalue weighted by molar-refractivity contribution is 9.10. The van der Waals surface area contributed by atoms with Gasteiger partial charge in [-0.05, 0) is 36.8 Å². The maximum absolute atomic E-state index is 12.8. The largest absolute Gasteiger partial charge is 0.492 e. The van der Waals surface area contributed by atoms with Gasteiger partial charge in [-0.2, -0.15) is 0 Å². The van der Waals surface area contributed by atoms with Gasteiger partial charge in [0.2, 0.25) is 20.0 Å². The summed E-state index contributed by atoms with van der Waals surface area (Å²) in [6.07, 6.45) is 0. The fraction of sp³-hybridized carbons (Fsp3) is 0.294. The predicted octanol–water partition coefficient (Wildman–Crippen LogP) is 2.58. The molecular weight excluding hydrogens is 456 g/mol. The number of hydrogen-bond donors (Lipinski definition) is 1. The first kappa shape index (κ1) is 21.8. The van der Waals surface area contributed by atoms with Crippen molar-refractivity contribution in [1.82, 2.24) is 9.03 Å². The Kier molecular flexibility index (Phi) is 7.03. The minimum atomic E-state index is -3.93. The van der Waals surface area contributed by atoms with Crippen molar-refractivity contribution in [3.05, 3.63) is 52.5 Å². The van der Waals surface area contributed by atoms with E-state index in [1.54, 1.807) is 37.3 Å². The number of hydrogen-bond acceptors (Lipinski definition) is 5. The topological polar surface area (TPSA) is 92.8 Å². The Hall–Kier alpha value is -1.46. The average molecular weight is 477 g/mol. The molecule has 0 aliphatic heterocycles. The highest BCUT2D eigenvalue weighted by atomic mass is 79.9. The van der Waals surface area contributed by atoms with Crippen LogP contribution in [0.1, 0.15) is 12.5 Å². The first-order valence-corrected chi connectivity index (χ1v) is 11.7. The molecule has 0 heterocycles. The van der Waals surface area contributed by atoms with Crippen LogP contribution in [0.3, 0.4) is 0 Å². The zero-order valence-corrected chi connectivity index (χ0v) is 18.4. The molecule has 10 heteroatoms. The van der Waals surface area contributed by atoms with Gasteiger partial charge in [-0.1, -0.05) is 34.1 Å². The van der Waals surface area contributed by atoms with Crippen LogP contribution in [0.2, 0.25) is 0 Å². The third-order valence-corrected chi connectivity index (χ3v) is 7.51. The lowest BCUT2D eigenvalue weighted by Gasteiger charge is -2.16. The number of nitrogens with zero attached hydrogens (tertiary/aromatic N) is 1. The van der Waals surface area contributed by atoms with Crippen LogP contribution in [-0.2, 0) is 26.6 Å². The number of halogens is 1. The Labute approximate surface area is 168 Å². The van der Waals surface area contributed by atoms with Crippen molar-refractivity contribution in [2.45, 2.75) is 23.3 Å². The Morgan fingerprint density at radius 3 is 2.33 bits per heavy atom. The van der Waals surface area contributed by atoms with Crippen molar-refractivity contribution >= 4 is 36.0 Å². The molecule has 148 valence electrons. The van der Waals surface area contributed by atoms with Crippen LogP contribution in [0.5, 0.6) is 5.75 Å². The van der Waals surface area contributed by atoms with Gasteiger partial charge in [0.05, 0.1) is 11.5 Å². The fourth-order valence-electron chi connectivity index (χ4n) is 2.32. The van der Waals surface area contributed by atoms with Gasteiger partial charge in [-0.15, -0.1) is 0 Å². The number of benzene rings is 2. The second-order valence-corrected chi connectivity index (χ2v) is 10.5. The molecule has 0 spiro atoms. The lowest BCUT2D eigenvalue weighted by atomic mass is 10.2. The van der Waals surface area contributed by atoms with E-state index in [1.807, 2.05) is 0 Å². The fourth-order valence-corrected chi connectivity index (χ4v) is 5.12. The molecule has 0 aromatic heterocycles. The summed E-state index contributed by atoms with van der Waals surface area (Å²) in [6.45, 7) is 1.89. The summed E-state index contributed by atoms with van der Waals surface area (Å²) in [5.41, 5.74) is 0.350. The SMILES string of the molecule is CCOc1ccc(Br)cc1S(=O)(=O)NCc1ccccc1S(=O)(=O)N(C)C. The van der Waals surface area contributed by atoms with E-state index in [9.17, 15) is 16.8 Å². The summed E-state index contributed by atoms with van der Waals surface area (Å²) >= 11 is 3.26. The molecule has 0 aliphatic carbocycles. The molecule has 2 aromatic rings. The molecule has 0 aliphatic rings. The second kappa shape index (κ2) is 8.70. The molecule has 2 aromatic carbocycles. The van der Waals surface area contributed by atoms with E-state index in [2.05, 4.69) is 20.7 Å². The second-order valence-electron chi connectivity index (χ2n) is 5.74. The molecule has 0 atom stereocenters. The summed E-state index contributed by atoms with van der Waals surface area (Å²) in [4.78, 5) is 0.0312. The van der Waals surface area contributed by atoms with E-state index in [4.69, 9.17) is 4.74 Å². The molecule has 0 saturated carbocycles. The van der Waals surface area contributed by atoms with E-state index >= 15 is 0 Å². The molecular formula is C17H21BrN2O5S2. The third-order valence-electron chi connectivity index (χ3n) is 3.68. The Morgan fingerprint density at radius 1 is 1.04 bits per heavy atom. The zero-order chi connectivity index (χ0) is 20.2. The van der Waals surface area contributed by atoms with Crippen LogP contribution < -0.4 is 9.46 Å². The van der Waals surface area contributed by atoms with Crippen LogP contribution in [0.25, 0.3) is 0 Å². The number of rotatable bonds is 8. The maximum Gasteiger partial charge on any atom is 0.244 e. The van der Waals surface area contributed by atoms with Crippen molar-refractivity contribution in [2.24, 2.45) is 0 Å². The van der Waals surface area contributed by atoms with Gasteiger partial charge >= 0.3 is 0 Å². The summed E-state index contributed by atoms with van der Waals surface area (Å²) in [5.74, 6) is 0.224. The monoisotopic (exact) mass is 476 g/mol. The lowest BCUT2D eigenvalue weighted by molar-refractivity contribution is 0.331. The van der Waals surface area contributed by atoms with Gasteiger partial charge in [-0.25, -0.2) is 25.9 Å². The van der Waals surface area contributed by atoms with Crippen LogP contribution in [-0.4, -0.2) is 41.8 Å². The van der Waals surface area contributed by atoms with Gasteiger partial charge in [0.1, 0.15) is 10.6 Å². The Bertz CT molecular complexity index is 1020. The highest BCUT2D eigenvalue weighted by Crippen LogP contribution is 2.28. The van der Waals surface area contributed by atoms with Gasteiger partial charge in [0.15, 0.2) is 0 Å². The van der Waals surface area contributed by atoms with Gasteiger partial charge in [0.25, 0.3) is 0 Å². The quantitative estimate of drug-likeness (QED) is 0.631. The summed E-state index contributed by atoms with van der Waals surface area (Å²) in [6, 6.07) is 11.0. The smallest absolute Gasteiger partial charge is 0.244 e. The number of sulfonamides is 2. The van der Waals surface area contributed by atoms with Crippen molar-refractivity contribution in [2.75, 3.05) is 20.7 Å². The molecule has 0 fully saturated rings. The predicted molar refractivity (Wildman–Crippen MR) is 107 cm³/mol. The van der Waals surface area contributed by atoms with E-state index in [-0.39, 0.29) is 22.1 Å². The first-order valence-electron chi connectivity index (χ1n) is 8.02. The van der Waals surface area contributed by atoms with E-state index in [1.165, 1.54) is 26.2 Å². The van der Waals surface area contributed by atoms with Crippen molar-refractivity contribution in [3.63, 3.8) is 0 Å². The Balaban J connectivity index is 2.37. The maximum atomic E-state index is 12.8. The minimum absolute atomic E-state index is 0.0216. The van der Waals surface area contributed by atoms with Crippen LogP contribution in [0.4, 0.5) is 0 Å². The summed E-state index contributed by atoms with van der Waals surface area (Å²) in [7, 11) is -4.78. The van der Waals surface area contributed by atoms with Crippen LogP contribution in [0.15, 0.2) is 56.7 Å². The molecule has 27 heavy (non-hydrogen) atoms. The van der Waals surface area contributed by atoms with Gasteiger partial charge in [-0.3, -0.25) is 0 Å². The number of nitrogens with one attached hydrogen (secondary N) is 1. The van der Waals surface area contributed by atoms with Crippen LogP contribution >= 0.6 is 15.9 Å². The standard InChI is InChI=1S/C17H21BrN2O5S2/c1-4-25-15-10-9-14(18)11-17(15)26(21,22)19-12-13-7-5-6-8-16(13)27(23,24)20(2)3/h5-11,19H,4,12H2,1-3H3. The van der Waals surface area contributed by atoms with Gasteiger partial charge in [0, 0.05) is 25.1 Å². The molecule has 7 nitrogen and oxygen atoms in total. The molecule has 0 radical (unpaired) electrons. The van der Waals surface area contributed by atoms with E-state index in [0.29, 0.717) is 16.6 Å². The molecule has 0 bridgehead atoms. The minimum Gasteiger partial charge on any atom is -0.492 e. The lowest BCUT2D eigenvalue weighted by Crippen LogP contribution is -2.27. The first-order chi connectivity index (χ1) is 12.6. The molecule has 0 saturated heterocycles. The molecule has 1 N–H and O–H groups in total. The normalized spacial score (nSPS) is 12.3. The van der Waals surface area contributed by atoms with Crippen molar-refractivity contribution in [3.8, 4) is 5.75 Å². The molecule has 2 rings (SSSR count). The Morgan fingerprint density at radius 2 is 1.70 bits per heavy atom. The van der Waals surface area contributed by atoms with Crippen LogP contribution in [0, 0.1) is 0 Å². The number of ether oxygens (including phenoxy) is 1. The molecule has 0 unspecified atom stereocenters. The summed E-state index contributed by atoms with van der Waals surface area (Å²) < 4.78 is 60.0. The third kappa shape index (κ3) is 5.08. The molecule has 0 amide bonds. The van der Waals surface area contributed by atoms with E-state index in [0.717, 1.165) is 4.31 Å². The summed E-state index contributed by atoms with van der Waals surface area (Å²) in [5, 5.41) is 0. The van der Waals surface area contributed by atoms with Gasteiger partial charge < -0.3 is 4.74 Å². The van der Waals surface area contributed by atoms with Crippen molar-refractivity contribution < 1.29 is 21.6 Å².